The predicted octanol–water partition coefficient (Wildman–Crippen LogP) is 5.91. The first-order valence-electron chi connectivity index (χ1n) is 12.1. The highest BCUT2D eigenvalue weighted by Crippen LogP contribution is 2.19. The highest BCUT2D eigenvalue weighted by atomic mass is 35.5. The van der Waals surface area contributed by atoms with E-state index in [1.165, 1.54) is 5.56 Å². The quantitative estimate of drug-likeness (QED) is 0.384. The number of hydrogen-bond donors (Lipinski definition) is 1. The fourth-order valence-corrected chi connectivity index (χ4v) is 4.21. The van der Waals surface area contributed by atoms with Gasteiger partial charge in [0, 0.05) is 24.5 Å². The first kappa shape index (κ1) is 26.5. The fourth-order valence-electron chi connectivity index (χ4n) is 4.00. The summed E-state index contributed by atoms with van der Waals surface area (Å²) in [5.41, 5.74) is 5.17. The number of hydrogen-bond acceptors (Lipinski definition) is 2. The molecule has 0 spiro atoms. The van der Waals surface area contributed by atoms with E-state index in [0.29, 0.717) is 30.5 Å². The Morgan fingerprint density at radius 1 is 0.857 bits per heavy atom. The number of carbonyl (C=O) groups excluding carboxylic acids is 2. The minimum Gasteiger partial charge on any atom is -0.354 e. The predicted molar refractivity (Wildman–Crippen MR) is 143 cm³/mol. The molecule has 2 amide bonds. The number of aryl methyl sites for hydroxylation is 2. The van der Waals surface area contributed by atoms with Crippen molar-refractivity contribution in [3.05, 3.63) is 106 Å². The summed E-state index contributed by atoms with van der Waals surface area (Å²) >= 11 is 6.24. The maximum Gasteiger partial charge on any atom is 0.243 e. The third-order valence-corrected chi connectivity index (χ3v) is 6.36. The second kappa shape index (κ2) is 12.6. The normalized spacial score (nSPS) is 11.8. The van der Waals surface area contributed by atoms with E-state index in [1.54, 1.807) is 4.90 Å². The summed E-state index contributed by atoms with van der Waals surface area (Å²) in [6.07, 6.45) is 0.661. The standard InChI is InChI=1S/C30H35ClN2O2/c1-21(2)19-32-30(35)28(17-24-9-6-5-7-10-24)33(20-26-11-8-12-27(31)16-26)29(34)18-25-14-13-22(3)23(4)15-25/h5-16,21,28H,17-20H2,1-4H3,(H,32,35). The van der Waals surface area contributed by atoms with Gasteiger partial charge in [0.25, 0.3) is 0 Å². The topological polar surface area (TPSA) is 49.4 Å². The van der Waals surface area contributed by atoms with E-state index < -0.39 is 6.04 Å². The lowest BCUT2D eigenvalue weighted by Gasteiger charge is -2.32. The van der Waals surface area contributed by atoms with Gasteiger partial charge in [-0.3, -0.25) is 9.59 Å². The average Bonchev–Trinajstić information content (AvgIpc) is 2.82. The smallest absolute Gasteiger partial charge is 0.243 e. The zero-order valence-electron chi connectivity index (χ0n) is 21.1. The number of nitrogens with one attached hydrogen (secondary N) is 1. The van der Waals surface area contributed by atoms with Crippen LogP contribution in [0.25, 0.3) is 0 Å². The lowest BCUT2D eigenvalue weighted by atomic mass is 10.00. The number of rotatable bonds is 10. The van der Waals surface area contributed by atoms with Crippen LogP contribution >= 0.6 is 11.6 Å². The number of nitrogens with zero attached hydrogens (tertiary/aromatic N) is 1. The number of amides is 2. The molecule has 0 saturated carbocycles. The van der Waals surface area contributed by atoms with Crippen LogP contribution in [-0.2, 0) is 29.0 Å². The first-order valence-corrected chi connectivity index (χ1v) is 12.5. The molecule has 3 rings (SSSR count). The monoisotopic (exact) mass is 490 g/mol. The zero-order valence-corrected chi connectivity index (χ0v) is 21.8. The van der Waals surface area contributed by atoms with Crippen LogP contribution in [0.3, 0.4) is 0 Å². The van der Waals surface area contributed by atoms with Gasteiger partial charge in [-0.15, -0.1) is 0 Å². The largest absolute Gasteiger partial charge is 0.354 e. The minimum absolute atomic E-state index is 0.0890. The molecule has 3 aromatic rings. The maximum absolute atomic E-state index is 13.8. The van der Waals surface area contributed by atoms with E-state index in [9.17, 15) is 9.59 Å². The summed E-state index contributed by atoms with van der Waals surface area (Å²) in [5.74, 6) is 0.0795. The molecule has 0 fully saturated rings. The van der Waals surface area contributed by atoms with Gasteiger partial charge < -0.3 is 10.2 Å². The molecule has 5 heteroatoms. The van der Waals surface area contributed by atoms with Crippen molar-refractivity contribution in [3.63, 3.8) is 0 Å². The minimum atomic E-state index is -0.644. The first-order chi connectivity index (χ1) is 16.7. The molecule has 0 aliphatic heterocycles. The molecular weight excluding hydrogens is 456 g/mol. The van der Waals surface area contributed by atoms with Gasteiger partial charge in [-0.2, -0.15) is 0 Å². The second-order valence-corrected chi connectivity index (χ2v) is 10.0. The molecule has 4 nitrogen and oxygen atoms in total. The van der Waals surface area contributed by atoms with Crippen molar-refractivity contribution in [2.75, 3.05) is 6.54 Å². The third-order valence-electron chi connectivity index (χ3n) is 6.12. The summed E-state index contributed by atoms with van der Waals surface area (Å²) in [6, 6.07) is 22.7. The van der Waals surface area contributed by atoms with Gasteiger partial charge in [-0.1, -0.05) is 86.1 Å². The molecule has 0 radical (unpaired) electrons. The van der Waals surface area contributed by atoms with Crippen molar-refractivity contribution in [1.82, 2.24) is 10.2 Å². The Morgan fingerprint density at radius 2 is 1.57 bits per heavy atom. The molecule has 1 unspecified atom stereocenters. The lowest BCUT2D eigenvalue weighted by Crippen LogP contribution is -2.51. The van der Waals surface area contributed by atoms with Crippen molar-refractivity contribution >= 4 is 23.4 Å². The van der Waals surface area contributed by atoms with Crippen LogP contribution in [0, 0.1) is 19.8 Å². The van der Waals surface area contributed by atoms with Crippen LogP contribution < -0.4 is 5.32 Å². The van der Waals surface area contributed by atoms with Crippen molar-refractivity contribution < 1.29 is 9.59 Å². The summed E-state index contributed by atoms with van der Waals surface area (Å²) in [6.45, 7) is 9.07. The summed E-state index contributed by atoms with van der Waals surface area (Å²) in [7, 11) is 0. The van der Waals surface area contributed by atoms with Gasteiger partial charge in [-0.25, -0.2) is 0 Å². The Labute approximate surface area is 214 Å². The molecule has 184 valence electrons. The molecule has 1 atom stereocenters. The molecule has 0 saturated heterocycles. The molecule has 3 aromatic carbocycles. The van der Waals surface area contributed by atoms with Gasteiger partial charge in [0.1, 0.15) is 6.04 Å². The van der Waals surface area contributed by atoms with Crippen LogP contribution in [0.2, 0.25) is 5.02 Å². The molecule has 0 aliphatic rings. The van der Waals surface area contributed by atoms with Crippen LogP contribution in [0.4, 0.5) is 0 Å². The Bertz CT molecular complexity index is 1140. The van der Waals surface area contributed by atoms with E-state index in [1.807, 2.05) is 73.7 Å². The van der Waals surface area contributed by atoms with Crippen molar-refractivity contribution in [2.45, 2.75) is 53.1 Å². The van der Waals surface area contributed by atoms with Gasteiger partial charge in [0.15, 0.2) is 0 Å². The van der Waals surface area contributed by atoms with E-state index in [4.69, 9.17) is 11.6 Å². The maximum atomic E-state index is 13.8. The Kier molecular flexibility index (Phi) is 9.50. The number of halogens is 1. The van der Waals surface area contributed by atoms with Gasteiger partial charge >= 0.3 is 0 Å². The third kappa shape index (κ3) is 7.97. The summed E-state index contributed by atoms with van der Waals surface area (Å²) in [5, 5.41) is 3.66. The fraction of sp³-hybridized carbons (Fsp3) is 0.333. The lowest BCUT2D eigenvalue weighted by molar-refractivity contribution is -0.140. The van der Waals surface area contributed by atoms with E-state index in [-0.39, 0.29) is 18.2 Å². The molecular formula is C30H35ClN2O2. The Balaban J connectivity index is 1.96. The Hall–Kier alpha value is -3.11. The average molecular weight is 491 g/mol. The number of benzene rings is 3. The molecule has 0 heterocycles. The second-order valence-electron chi connectivity index (χ2n) is 9.59. The van der Waals surface area contributed by atoms with Gasteiger partial charge in [0.05, 0.1) is 6.42 Å². The molecule has 0 aliphatic carbocycles. The van der Waals surface area contributed by atoms with Crippen molar-refractivity contribution in [2.24, 2.45) is 5.92 Å². The van der Waals surface area contributed by atoms with Crippen molar-refractivity contribution in [3.8, 4) is 0 Å². The molecule has 35 heavy (non-hydrogen) atoms. The molecule has 1 N–H and O–H groups in total. The highest BCUT2D eigenvalue weighted by Gasteiger charge is 2.30. The van der Waals surface area contributed by atoms with E-state index >= 15 is 0 Å². The van der Waals surface area contributed by atoms with Gasteiger partial charge in [0.2, 0.25) is 11.8 Å². The van der Waals surface area contributed by atoms with Crippen LogP contribution in [0.15, 0.2) is 72.8 Å². The Morgan fingerprint density at radius 3 is 2.23 bits per heavy atom. The van der Waals surface area contributed by atoms with Crippen molar-refractivity contribution in [1.29, 1.82) is 0 Å². The van der Waals surface area contributed by atoms with Crippen LogP contribution in [0.5, 0.6) is 0 Å². The summed E-state index contributed by atoms with van der Waals surface area (Å²) < 4.78 is 0. The number of carbonyl (C=O) groups is 2. The molecule has 0 bridgehead atoms. The highest BCUT2D eigenvalue weighted by molar-refractivity contribution is 6.30. The van der Waals surface area contributed by atoms with Gasteiger partial charge in [-0.05, 0) is 59.7 Å². The summed E-state index contributed by atoms with van der Waals surface area (Å²) in [4.78, 5) is 29.0. The van der Waals surface area contributed by atoms with E-state index in [2.05, 4.69) is 32.2 Å². The van der Waals surface area contributed by atoms with Crippen LogP contribution in [0.1, 0.15) is 41.7 Å². The van der Waals surface area contributed by atoms with E-state index in [0.717, 1.165) is 22.3 Å². The SMILES string of the molecule is Cc1ccc(CC(=O)N(Cc2cccc(Cl)c2)C(Cc2ccccc2)C(=O)NCC(C)C)cc1C. The molecule has 0 aromatic heterocycles. The zero-order chi connectivity index (χ0) is 25.4. The van der Waals surface area contributed by atoms with Crippen LogP contribution in [-0.4, -0.2) is 29.3 Å².